The first kappa shape index (κ1) is 12.7. The maximum atomic E-state index is 11.4. The number of nitrogens with two attached hydrogens (primary N) is 1. The van der Waals surface area contributed by atoms with E-state index in [0.29, 0.717) is 19.5 Å². The Morgan fingerprint density at radius 3 is 2.50 bits per heavy atom. The lowest BCUT2D eigenvalue weighted by Gasteiger charge is -2.10. The van der Waals surface area contributed by atoms with Crippen molar-refractivity contribution >= 4 is 5.91 Å². The van der Waals surface area contributed by atoms with Gasteiger partial charge in [0, 0.05) is 44.9 Å². The molecule has 0 radical (unpaired) electrons. The van der Waals surface area contributed by atoms with E-state index in [4.69, 9.17) is 5.73 Å². The number of hydrogen-bond acceptors (Lipinski definition) is 3. The van der Waals surface area contributed by atoms with Crippen molar-refractivity contribution < 1.29 is 4.79 Å². The van der Waals surface area contributed by atoms with Crippen molar-refractivity contribution in [2.24, 2.45) is 5.73 Å². The van der Waals surface area contributed by atoms with E-state index in [-0.39, 0.29) is 5.91 Å². The fraction of sp³-hybridized carbons (Fsp3) is 0.636. The summed E-state index contributed by atoms with van der Waals surface area (Å²) in [5.74, 6) is 0.113. The van der Waals surface area contributed by atoms with E-state index < -0.39 is 0 Å². The van der Waals surface area contributed by atoms with Crippen LogP contribution in [0.5, 0.6) is 0 Å². The van der Waals surface area contributed by atoms with Gasteiger partial charge < -0.3 is 10.6 Å². The van der Waals surface area contributed by atoms with Crippen LogP contribution >= 0.6 is 0 Å². The smallest absolute Gasteiger partial charge is 0.223 e. The van der Waals surface area contributed by atoms with Crippen molar-refractivity contribution in [3.63, 3.8) is 0 Å². The molecule has 0 saturated heterocycles. The minimum absolute atomic E-state index is 0.113. The molecule has 5 nitrogen and oxygen atoms in total. The molecule has 1 aromatic rings. The fourth-order valence-electron chi connectivity index (χ4n) is 1.67. The van der Waals surface area contributed by atoms with Gasteiger partial charge in [0.05, 0.1) is 5.69 Å². The molecule has 0 aliphatic carbocycles. The summed E-state index contributed by atoms with van der Waals surface area (Å²) in [6.45, 7) is 5.05. The Morgan fingerprint density at radius 2 is 2.06 bits per heavy atom. The molecule has 0 aromatic carbocycles. The Labute approximate surface area is 96.2 Å². The van der Waals surface area contributed by atoms with Crippen LogP contribution < -0.4 is 5.73 Å². The first-order chi connectivity index (χ1) is 7.47. The predicted octanol–water partition coefficient (Wildman–Crippen LogP) is 0.437. The molecule has 0 saturated carbocycles. The molecule has 0 fully saturated rings. The molecule has 2 N–H and O–H groups in total. The molecule has 1 rings (SSSR count). The summed E-state index contributed by atoms with van der Waals surface area (Å²) in [6.07, 6.45) is 0.471. The lowest BCUT2D eigenvalue weighted by molar-refractivity contribution is -0.128. The number of amides is 1. The van der Waals surface area contributed by atoms with E-state index in [9.17, 15) is 4.79 Å². The molecule has 0 unspecified atom stereocenters. The van der Waals surface area contributed by atoms with Gasteiger partial charge in [-0.3, -0.25) is 9.48 Å². The second-order valence-corrected chi connectivity index (χ2v) is 4.11. The molecular formula is C11H20N4O. The number of nitrogens with zero attached hydrogens (tertiary/aromatic N) is 3. The van der Waals surface area contributed by atoms with Gasteiger partial charge in [-0.25, -0.2) is 0 Å². The van der Waals surface area contributed by atoms with Crippen LogP contribution in [0.2, 0.25) is 0 Å². The predicted molar refractivity (Wildman–Crippen MR) is 62.9 cm³/mol. The number of rotatable bonds is 4. The van der Waals surface area contributed by atoms with E-state index in [0.717, 1.165) is 17.0 Å². The van der Waals surface area contributed by atoms with Gasteiger partial charge in [-0.05, 0) is 13.8 Å². The quantitative estimate of drug-likeness (QED) is 0.807. The lowest BCUT2D eigenvalue weighted by atomic mass is 10.2. The second kappa shape index (κ2) is 5.12. The minimum atomic E-state index is 0.113. The number of aryl methyl sites for hydroxylation is 2. The van der Waals surface area contributed by atoms with Crippen molar-refractivity contribution in [1.29, 1.82) is 0 Å². The Bertz CT molecular complexity index is 382. The van der Waals surface area contributed by atoms with Crippen LogP contribution in [-0.4, -0.2) is 34.7 Å². The highest BCUT2D eigenvalue weighted by molar-refractivity contribution is 5.75. The third kappa shape index (κ3) is 2.61. The van der Waals surface area contributed by atoms with E-state index in [1.807, 2.05) is 18.5 Å². The Kier molecular flexibility index (Phi) is 4.06. The van der Waals surface area contributed by atoms with Crippen LogP contribution in [0.25, 0.3) is 0 Å². The molecular weight excluding hydrogens is 204 g/mol. The molecule has 16 heavy (non-hydrogen) atoms. The zero-order valence-electron chi connectivity index (χ0n) is 10.4. The van der Waals surface area contributed by atoms with Gasteiger partial charge in [-0.1, -0.05) is 0 Å². The highest BCUT2D eigenvalue weighted by atomic mass is 16.2. The topological polar surface area (TPSA) is 64.2 Å². The molecule has 0 bridgehead atoms. The monoisotopic (exact) mass is 224 g/mol. The van der Waals surface area contributed by atoms with Crippen molar-refractivity contribution in [2.75, 3.05) is 14.1 Å². The van der Waals surface area contributed by atoms with Gasteiger partial charge in [-0.2, -0.15) is 5.10 Å². The van der Waals surface area contributed by atoms with Gasteiger partial charge >= 0.3 is 0 Å². The highest BCUT2D eigenvalue weighted by Crippen LogP contribution is 2.12. The van der Waals surface area contributed by atoms with Crippen LogP contribution in [0.1, 0.15) is 23.4 Å². The Hall–Kier alpha value is -1.36. The Morgan fingerprint density at radius 1 is 1.44 bits per heavy atom. The van der Waals surface area contributed by atoms with Crippen molar-refractivity contribution in [3.05, 3.63) is 17.0 Å². The second-order valence-electron chi connectivity index (χ2n) is 4.11. The zero-order valence-corrected chi connectivity index (χ0v) is 10.4. The van der Waals surface area contributed by atoms with Crippen LogP contribution in [0.15, 0.2) is 0 Å². The largest absolute Gasteiger partial charge is 0.349 e. The normalized spacial score (nSPS) is 10.6. The summed E-state index contributed by atoms with van der Waals surface area (Å²) in [6, 6.07) is 0. The molecule has 0 atom stereocenters. The Balaban J connectivity index is 2.72. The molecule has 90 valence electrons. The number of hydrogen-bond donors (Lipinski definition) is 1. The molecule has 5 heteroatoms. The van der Waals surface area contributed by atoms with E-state index in [1.165, 1.54) is 0 Å². The van der Waals surface area contributed by atoms with Gasteiger partial charge in [0.25, 0.3) is 0 Å². The highest BCUT2D eigenvalue weighted by Gasteiger charge is 2.11. The molecule has 0 aliphatic heterocycles. The van der Waals surface area contributed by atoms with Crippen molar-refractivity contribution in [1.82, 2.24) is 14.7 Å². The molecule has 1 aromatic heterocycles. The van der Waals surface area contributed by atoms with Crippen LogP contribution in [0.4, 0.5) is 0 Å². The standard InChI is InChI=1S/C11H20N4O/c1-8-10(7-12)9(2)15(13-8)6-5-11(16)14(3)4/h5-7,12H2,1-4H3. The van der Waals surface area contributed by atoms with Gasteiger partial charge in [0.2, 0.25) is 5.91 Å². The summed E-state index contributed by atoms with van der Waals surface area (Å²) in [7, 11) is 3.52. The van der Waals surface area contributed by atoms with Gasteiger partial charge in [-0.15, -0.1) is 0 Å². The molecule has 1 heterocycles. The maximum Gasteiger partial charge on any atom is 0.223 e. The van der Waals surface area contributed by atoms with Crippen LogP contribution in [0.3, 0.4) is 0 Å². The zero-order chi connectivity index (χ0) is 12.3. The van der Waals surface area contributed by atoms with E-state index in [2.05, 4.69) is 5.10 Å². The minimum Gasteiger partial charge on any atom is -0.349 e. The van der Waals surface area contributed by atoms with E-state index in [1.54, 1.807) is 19.0 Å². The summed E-state index contributed by atoms with van der Waals surface area (Å²) in [5.41, 5.74) is 8.74. The van der Waals surface area contributed by atoms with Crippen LogP contribution in [0, 0.1) is 13.8 Å². The molecule has 0 aliphatic rings. The number of aromatic nitrogens is 2. The number of carbonyl (C=O) groups excluding carboxylic acids is 1. The van der Waals surface area contributed by atoms with Crippen molar-refractivity contribution in [3.8, 4) is 0 Å². The average molecular weight is 224 g/mol. The summed E-state index contributed by atoms with van der Waals surface area (Å²) in [5, 5.41) is 4.38. The van der Waals surface area contributed by atoms with Gasteiger partial charge in [0.15, 0.2) is 0 Å². The molecule has 1 amide bonds. The first-order valence-corrected chi connectivity index (χ1v) is 5.40. The summed E-state index contributed by atoms with van der Waals surface area (Å²) >= 11 is 0. The van der Waals surface area contributed by atoms with E-state index >= 15 is 0 Å². The maximum absolute atomic E-state index is 11.4. The average Bonchev–Trinajstić information content (AvgIpc) is 2.50. The first-order valence-electron chi connectivity index (χ1n) is 5.40. The fourth-order valence-corrected chi connectivity index (χ4v) is 1.67. The lowest BCUT2D eigenvalue weighted by Crippen LogP contribution is -2.23. The third-order valence-corrected chi connectivity index (χ3v) is 2.77. The number of carbonyl (C=O) groups is 1. The summed E-state index contributed by atoms with van der Waals surface area (Å²) in [4.78, 5) is 13.0. The molecule has 0 spiro atoms. The third-order valence-electron chi connectivity index (χ3n) is 2.77. The summed E-state index contributed by atoms with van der Waals surface area (Å²) < 4.78 is 1.86. The van der Waals surface area contributed by atoms with Gasteiger partial charge in [0.1, 0.15) is 0 Å². The SMILES string of the molecule is Cc1nn(CCC(=O)N(C)C)c(C)c1CN. The van der Waals surface area contributed by atoms with Crippen LogP contribution in [-0.2, 0) is 17.9 Å². The van der Waals surface area contributed by atoms with Crippen molar-refractivity contribution in [2.45, 2.75) is 33.4 Å².